The van der Waals surface area contributed by atoms with Crippen LogP contribution in [-0.4, -0.2) is 52.9 Å². The van der Waals surface area contributed by atoms with E-state index in [-0.39, 0.29) is 37.7 Å². The fourth-order valence-corrected chi connectivity index (χ4v) is 0. The first-order valence-electron chi connectivity index (χ1n) is 0.369. The van der Waals surface area contributed by atoms with Crippen LogP contribution in [0.3, 0.4) is 0 Å². The van der Waals surface area contributed by atoms with Gasteiger partial charge in [0, 0.05) is 0 Å². The van der Waals surface area contributed by atoms with Crippen molar-refractivity contribution < 1.29 is 15.2 Å². The van der Waals surface area contributed by atoms with E-state index >= 15 is 0 Å². The molecule has 0 aromatic carbocycles. The summed E-state index contributed by atoms with van der Waals surface area (Å²) in [7, 11) is 0. The Balaban J connectivity index is -0.0000000133. The van der Waals surface area contributed by atoms with Gasteiger partial charge in [-0.05, 0) is 0 Å². The molecule has 0 saturated carbocycles. The molecule has 0 heterocycles. The van der Waals surface area contributed by atoms with Crippen LogP contribution in [0.5, 0.6) is 0 Å². The van der Waals surface area contributed by atoms with Crippen molar-refractivity contribution in [1.29, 1.82) is 0 Å². The van der Waals surface area contributed by atoms with Crippen molar-refractivity contribution in [2.45, 2.75) is 0 Å². The first kappa shape index (κ1) is 16.1. The molecule has 0 amide bonds. The second-order valence-electron chi connectivity index (χ2n) is 0. The van der Waals surface area contributed by atoms with Crippen molar-refractivity contribution in [1.82, 2.24) is 0 Å². The van der Waals surface area contributed by atoms with Gasteiger partial charge >= 0.3 is 37.7 Å². The average Bonchev–Trinajstić information content (AvgIpc) is 1.50. The van der Waals surface area contributed by atoms with Crippen LogP contribution in [0.15, 0.2) is 0 Å². The molecule has 0 aromatic heterocycles. The van der Waals surface area contributed by atoms with E-state index in [1.807, 2.05) is 0 Å². The van der Waals surface area contributed by atoms with Gasteiger partial charge in [-0.25, -0.2) is 0 Å². The van der Waals surface area contributed by atoms with Gasteiger partial charge in [-0.1, -0.05) is 0 Å². The normalized spacial score (nSPS) is 2.40. The Hall–Kier alpha value is 1.43. The van der Waals surface area contributed by atoms with Crippen LogP contribution < -0.4 is 0 Å². The van der Waals surface area contributed by atoms with Gasteiger partial charge in [-0.3, -0.25) is 15.2 Å². The molecule has 0 spiro atoms. The molecule has 0 atom stereocenters. The fourth-order valence-electron chi connectivity index (χ4n) is 0. The summed E-state index contributed by atoms with van der Waals surface area (Å²) in [6, 6.07) is 0. The Morgan fingerprint density at radius 2 is 1.00 bits per heavy atom. The van der Waals surface area contributed by atoms with Crippen LogP contribution >= 0.6 is 11.9 Å². The zero-order valence-corrected chi connectivity index (χ0v) is 2.48. The van der Waals surface area contributed by atoms with E-state index in [2.05, 4.69) is 11.9 Å². The first-order valence-corrected chi connectivity index (χ1v) is 0.707. The maximum absolute atomic E-state index is 6.47. The molecule has 0 aliphatic heterocycles. The van der Waals surface area contributed by atoms with Crippen molar-refractivity contribution >= 4 is 49.6 Å². The van der Waals surface area contributed by atoms with Gasteiger partial charge in [0.05, 0.1) is 11.9 Å². The molecule has 0 aliphatic carbocycles. The summed E-state index contributed by atoms with van der Waals surface area (Å²) in [5.74, 6) is 0. The van der Waals surface area contributed by atoms with Gasteiger partial charge in [0.1, 0.15) is 0 Å². The van der Waals surface area contributed by atoms with E-state index in [0.29, 0.717) is 0 Å². The summed E-state index contributed by atoms with van der Waals surface area (Å²) < 4.78 is 6.47. The van der Waals surface area contributed by atoms with Gasteiger partial charge in [0.15, 0.2) is 0 Å². The summed E-state index contributed by atoms with van der Waals surface area (Å²) in [6.07, 6.45) is 0. The zero-order valence-electron chi connectivity index (χ0n) is 1.72. The molecule has 0 radical (unpaired) electrons. The molecule has 3 nitrogen and oxygen atoms in total. The van der Waals surface area contributed by atoms with Gasteiger partial charge in [-0.2, -0.15) is 0 Å². The summed E-state index contributed by atoms with van der Waals surface area (Å²) in [5.41, 5.74) is 0. The van der Waals surface area contributed by atoms with Gasteiger partial charge in [0.2, 0.25) is 0 Å². The van der Waals surface area contributed by atoms with Crippen molar-refractivity contribution in [2.24, 2.45) is 0 Å². The summed E-state index contributed by atoms with van der Waals surface area (Å²) >= 11 is 3.64. The molecule has 0 bridgehead atoms. The van der Waals surface area contributed by atoms with Crippen molar-refractivity contribution in [3.8, 4) is 0 Å². The minimum absolute atomic E-state index is 0. The molecule has 32 valence electrons. The van der Waals surface area contributed by atoms with Crippen LogP contribution in [0.2, 0.25) is 0 Å². The Labute approximate surface area is 64.3 Å². The second kappa shape index (κ2) is 52.1. The van der Waals surface area contributed by atoms with E-state index < -0.39 is 0 Å². The van der Waals surface area contributed by atoms with E-state index in [4.69, 9.17) is 15.2 Å². The Kier molecular flexibility index (Phi) is 168. The third-order valence-corrected chi connectivity index (χ3v) is 0. The topological polar surface area (TPSA) is 60.7 Å². The van der Waals surface area contributed by atoms with Crippen LogP contribution in [0, 0.1) is 0 Å². The standard InChI is InChI=1S/Ca.ClHO.H2O2.2H/c;2*1-2;;/h;2H;1-2H;;. The third-order valence-electron chi connectivity index (χ3n) is 0. The van der Waals surface area contributed by atoms with Gasteiger partial charge in [0.25, 0.3) is 0 Å². The maximum atomic E-state index is 6.47. The predicted octanol–water partition coefficient (Wildman–Crippen LogP) is -0.766. The third kappa shape index (κ3) is 31.2. The molecule has 5 heavy (non-hydrogen) atoms. The molecular weight excluding hydrogens is 124 g/mol. The molecule has 0 saturated heterocycles. The van der Waals surface area contributed by atoms with Gasteiger partial charge in [-0.15, -0.1) is 0 Å². The van der Waals surface area contributed by atoms with Crippen LogP contribution in [0.1, 0.15) is 0 Å². The zero-order chi connectivity index (χ0) is 4.00. The molecule has 3 N–H and O–H groups in total. The van der Waals surface area contributed by atoms with E-state index in [0.717, 1.165) is 0 Å². The monoisotopic (exact) mass is 128 g/mol. The quantitative estimate of drug-likeness (QED) is 0.228. The van der Waals surface area contributed by atoms with Crippen molar-refractivity contribution in [3.05, 3.63) is 0 Å². The molecule has 0 aliphatic rings. The van der Waals surface area contributed by atoms with Gasteiger partial charge < -0.3 is 0 Å². The van der Waals surface area contributed by atoms with Crippen molar-refractivity contribution in [2.75, 3.05) is 0 Å². The number of rotatable bonds is 0. The SMILES string of the molecule is OCl.OO.[CaH2]. The minimum atomic E-state index is 0. The Morgan fingerprint density at radius 3 is 1.00 bits per heavy atom. The summed E-state index contributed by atoms with van der Waals surface area (Å²) in [6.45, 7) is 0. The van der Waals surface area contributed by atoms with Crippen LogP contribution in [-0.2, 0) is 0 Å². The number of hydrogen-bond donors (Lipinski definition) is 3. The second-order valence-corrected chi connectivity index (χ2v) is 0. The molecule has 0 rings (SSSR count). The molecule has 0 fully saturated rings. The van der Waals surface area contributed by atoms with E-state index in [1.54, 1.807) is 0 Å². The summed E-state index contributed by atoms with van der Waals surface area (Å²) in [5, 5.41) is 12.0. The first-order chi connectivity index (χ1) is 2.00. The summed E-state index contributed by atoms with van der Waals surface area (Å²) in [4.78, 5) is 0. The van der Waals surface area contributed by atoms with Crippen LogP contribution in [0.25, 0.3) is 0 Å². The number of halogens is 1. The average molecular weight is 129 g/mol. The van der Waals surface area contributed by atoms with Crippen molar-refractivity contribution in [3.63, 3.8) is 0 Å². The van der Waals surface area contributed by atoms with E-state index in [9.17, 15) is 0 Å². The fraction of sp³-hybridized carbons (Fsp3) is 0. The number of hydrogen-bond acceptors (Lipinski definition) is 3. The van der Waals surface area contributed by atoms with Crippen LogP contribution in [0.4, 0.5) is 0 Å². The predicted molar refractivity (Wildman–Crippen MR) is 21.9 cm³/mol. The van der Waals surface area contributed by atoms with E-state index in [1.165, 1.54) is 0 Å². The molecule has 5 heteroatoms. The Morgan fingerprint density at radius 1 is 1.00 bits per heavy atom. The molecule has 0 unspecified atom stereocenters. The molecule has 0 aromatic rings. The Bertz CT molecular complexity index is 6.85. The molecular formula is H5CaClO3.